The molecule has 7 heteroatoms. The minimum Gasteiger partial charge on any atom is -0.462 e. The molecule has 0 heterocycles. The van der Waals surface area contributed by atoms with Gasteiger partial charge in [0.25, 0.3) is 0 Å². The molecule has 0 spiro atoms. The summed E-state index contributed by atoms with van der Waals surface area (Å²) in [4.78, 5) is 39.3. The second kappa shape index (κ2) is 14.5. The number of nitrogens with one attached hydrogen (secondary N) is 2. The van der Waals surface area contributed by atoms with Gasteiger partial charge in [0.15, 0.2) is 0 Å². The summed E-state index contributed by atoms with van der Waals surface area (Å²) in [6, 6.07) is 24.0. The second-order valence-electron chi connectivity index (χ2n) is 9.82. The van der Waals surface area contributed by atoms with Crippen molar-refractivity contribution in [2.45, 2.75) is 62.0 Å². The Morgan fingerprint density at radius 3 is 2.33 bits per heavy atom. The topological polar surface area (TPSA) is 84.5 Å². The molecule has 0 bridgehead atoms. The van der Waals surface area contributed by atoms with Gasteiger partial charge < -0.3 is 15.4 Å². The lowest BCUT2D eigenvalue weighted by Crippen LogP contribution is -2.24. The van der Waals surface area contributed by atoms with Crippen molar-refractivity contribution in [1.29, 1.82) is 0 Å². The van der Waals surface area contributed by atoms with E-state index in [1.807, 2.05) is 61.5 Å². The number of carbonyl (C=O) groups excluding carboxylic acids is 3. The molecule has 0 aromatic heterocycles. The molecule has 1 atom stereocenters. The molecule has 1 unspecified atom stereocenters. The average molecular weight is 545 g/mol. The van der Waals surface area contributed by atoms with Crippen LogP contribution in [0.25, 0.3) is 0 Å². The van der Waals surface area contributed by atoms with Crippen molar-refractivity contribution in [2.24, 2.45) is 5.92 Å². The number of hydrogen-bond donors (Lipinski definition) is 2. The van der Waals surface area contributed by atoms with E-state index in [1.165, 1.54) is 18.2 Å². The van der Waals surface area contributed by atoms with Crippen molar-refractivity contribution in [3.8, 4) is 0 Å². The first-order valence-corrected chi connectivity index (χ1v) is 14.6. The van der Waals surface area contributed by atoms with E-state index >= 15 is 0 Å². The summed E-state index contributed by atoms with van der Waals surface area (Å²) in [5, 5.41) is 5.54. The monoisotopic (exact) mass is 544 g/mol. The normalized spacial score (nSPS) is 14.3. The van der Waals surface area contributed by atoms with Gasteiger partial charge in [0.2, 0.25) is 11.8 Å². The fraction of sp³-hybridized carbons (Fsp3) is 0.344. The molecule has 204 valence electrons. The van der Waals surface area contributed by atoms with E-state index in [0.29, 0.717) is 17.9 Å². The standard InChI is InChI=1S/C32H36N2O4S/c1-2-3-21-38-32(37)25-17-19-26(20-18-25)33-31(36)29(23-11-6-4-7-12-23)39-28-16-10-15-27(22-28)34-30(35)24-13-8-5-9-14-24/h4,6-7,10-12,15-20,22,24,29H,2-3,5,8-9,13-14,21H2,1H3,(H,33,36)(H,34,35). The Hall–Kier alpha value is -3.58. The Morgan fingerprint density at radius 2 is 1.62 bits per heavy atom. The number of amides is 2. The molecule has 0 aliphatic heterocycles. The van der Waals surface area contributed by atoms with Crippen LogP contribution in [0, 0.1) is 5.92 Å². The zero-order valence-corrected chi connectivity index (χ0v) is 23.2. The third-order valence-corrected chi connectivity index (χ3v) is 8.04. The highest BCUT2D eigenvalue weighted by Gasteiger charge is 2.24. The maximum Gasteiger partial charge on any atom is 0.338 e. The zero-order chi connectivity index (χ0) is 27.5. The van der Waals surface area contributed by atoms with Gasteiger partial charge in [-0.25, -0.2) is 4.79 Å². The molecule has 6 nitrogen and oxygen atoms in total. The predicted octanol–water partition coefficient (Wildman–Crippen LogP) is 7.63. The molecule has 1 saturated carbocycles. The van der Waals surface area contributed by atoms with E-state index in [4.69, 9.17) is 4.74 Å². The van der Waals surface area contributed by atoms with Gasteiger partial charge >= 0.3 is 5.97 Å². The number of anilines is 2. The van der Waals surface area contributed by atoms with Crippen LogP contribution in [0.5, 0.6) is 0 Å². The quantitative estimate of drug-likeness (QED) is 0.147. The third-order valence-electron chi connectivity index (χ3n) is 6.79. The largest absolute Gasteiger partial charge is 0.462 e. The van der Waals surface area contributed by atoms with Crippen LogP contribution in [0.3, 0.4) is 0 Å². The number of carbonyl (C=O) groups is 3. The summed E-state index contributed by atoms with van der Waals surface area (Å²) in [5.74, 6) is -0.398. The molecular formula is C32H36N2O4S. The van der Waals surface area contributed by atoms with Gasteiger partial charge in [-0.05, 0) is 67.3 Å². The summed E-state index contributed by atoms with van der Waals surface area (Å²) in [5.41, 5.74) is 2.65. The number of rotatable bonds is 11. The second-order valence-corrected chi connectivity index (χ2v) is 11.0. The average Bonchev–Trinajstić information content (AvgIpc) is 2.97. The number of thioether (sulfide) groups is 1. The Balaban J connectivity index is 1.44. The van der Waals surface area contributed by atoms with Crippen molar-refractivity contribution in [3.05, 3.63) is 90.0 Å². The lowest BCUT2D eigenvalue weighted by atomic mass is 9.88. The molecule has 0 radical (unpaired) electrons. The first-order valence-electron chi connectivity index (χ1n) is 13.7. The van der Waals surface area contributed by atoms with Gasteiger partial charge in [-0.15, -0.1) is 11.8 Å². The summed E-state index contributed by atoms with van der Waals surface area (Å²) >= 11 is 1.43. The number of unbranched alkanes of at least 4 members (excludes halogenated alkanes) is 1. The van der Waals surface area contributed by atoms with Gasteiger partial charge in [-0.2, -0.15) is 0 Å². The first kappa shape index (κ1) is 28.4. The van der Waals surface area contributed by atoms with E-state index < -0.39 is 5.25 Å². The molecule has 4 rings (SSSR count). The lowest BCUT2D eigenvalue weighted by Gasteiger charge is -2.21. The first-order chi connectivity index (χ1) is 19.0. The van der Waals surface area contributed by atoms with Crippen LogP contribution in [0.1, 0.15) is 73.0 Å². The highest BCUT2D eigenvalue weighted by atomic mass is 32.2. The van der Waals surface area contributed by atoms with E-state index in [9.17, 15) is 14.4 Å². The van der Waals surface area contributed by atoms with Gasteiger partial charge in [0, 0.05) is 22.2 Å². The molecule has 2 N–H and O–H groups in total. The number of ether oxygens (including phenoxy) is 1. The van der Waals surface area contributed by atoms with Crippen LogP contribution in [0.2, 0.25) is 0 Å². The van der Waals surface area contributed by atoms with Crippen LogP contribution >= 0.6 is 11.8 Å². The minimum atomic E-state index is -0.519. The lowest BCUT2D eigenvalue weighted by molar-refractivity contribution is -0.120. The van der Waals surface area contributed by atoms with Crippen molar-refractivity contribution in [3.63, 3.8) is 0 Å². The molecule has 0 saturated heterocycles. The highest BCUT2D eigenvalue weighted by molar-refractivity contribution is 8.00. The Labute approximate surface area is 234 Å². The van der Waals surface area contributed by atoms with Crippen LogP contribution in [-0.2, 0) is 14.3 Å². The zero-order valence-electron chi connectivity index (χ0n) is 22.4. The van der Waals surface area contributed by atoms with Crippen molar-refractivity contribution in [1.82, 2.24) is 0 Å². The molecule has 3 aromatic carbocycles. The molecule has 1 aliphatic carbocycles. The fourth-order valence-electron chi connectivity index (χ4n) is 4.58. The van der Waals surface area contributed by atoms with E-state index in [2.05, 4.69) is 10.6 Å². The predicted molar refractivity (Wildman–Crippen MR) is 157 cm³/mol. The molecule has 3 aromatic rings. The van der Waals surface area contributed by atoms with Crippen molar-refractivity contribution >= 4 is 40.9 Å². The summed E-state index contributed by atoms with van der Waals surface area (Å²) < 4.78 is 5.26. The third kappa shape index (κ3) is 8.45. The maximum atomic E-state index is 13.5. The summed E-state index contributed by atoms with van der Waals surface area (Å²) in [6.45, 7) is 2.44. The molecule has 1 fully saturated rings. The van der Waals surface area contributed by atoms with Crippen LogP contribution in [-0.4, -0.2) is 24.4 Å². The van der Waals surface area contributed by atoms with E-state index in [-0.39, 0.29) is 23.7 Å². The Kier molecular flexibility index (Phi) is 10.6. The summed E-state index contributed by atoms with van der Waals surface area (Å²) in [7, 11) is 0. The number of benzene rings is 3. The van der Waals surface area contributed by atoms with Crippen molar-refractivity contribution < 1.29 is 19.1 Å². The number of hydrogen-bond acceptors (Lipinski definition) is 5. The van der Waals surface area contributed by atoms with Gasteiger partial charge in [-0.3, -0.25) is 9.59 Å². The molecule has 39 heavy (non-hydrogen) atoms. The van der Waals surface area contributed by atoms with E-state index in [0.717, 1.165) is 54.7 Å². The van der Waals surface area contributed by atoms with Gasteiger partial charge in [0.05, 0.1) is 12.2 Å². The summed E-state index contributed by atoms with van der Waals surface area (Å²) in [6.07, 6.45) is 7.08. The highest BCUT2D eigenvalue weighted by Crippen LogP contribution is 2.37. The van der Waals surface area contributed by atoms with Crippen LogP contribution in [0.15, 0.2) is 83.8 Å². The number of esters is 1. The Bertz CT molecular complexity index is 1240. The Morgan fingerprint density at radius 1 is 0.872 bits per heavy atom. The van der Waals surface area contributed by atoms with Crippen LogP contribution in [0.4, 0.5) is 11.4 Å². The minimum absolute atomic E-state index is 0.0717. The van der Waals surface area contributed by atoms with Gasteiger partial charge in [0.1, 0.15) is 5.25 Å². The van der Waals surface area contributed by atoms with Crippen molar-refractivity contribution in [2.75, 3.05) is 17.2 Å². The van der Waals surface area contributed by atoms with Crippen LogP contribution < -0.4 is 10.6 Å². The molecular weight excluding hydrogens is 508 g/mol. The van der Waals surface area contributed by atoms with Gasteiger partial charge in [-0.1, -0.05) is 69.0 Å². The molecule has 1 aliphatic rings. The maximum absolute atomic E-state index is 13.5. The van der Waals surface area contributed by atoms with E-state index in [1.54, 1.807) is 24.3 Å². The molecule has 2 amide bonds. The smallest absolute Gasteiger partial charge is 0.338 e. The SMILES string of the molecule is CCCCOC(=O)c1ccc(NC(=O)C(Sc2cccc(NC(=O)C3CCCCC3)c2)c2ccccc2)cc1. The fourth-order valence-corrected chi connectivity index (χ4v) is 5.67.